The van der Waals surface area contributed by atoms with Gasteiger partial charge in [0, 0.05) is 16.6 Å². The van der Waals surface area contributed by atoms with Gasteiger partial charge in [-0.2, -0.15) is 0 Å². The van der Waals surface area contributed by atoms with E-state index >= 15 is 0 Å². The summed E-state index contributed by atoms with van der Waals surface area (Å²) in [7, 11) is -3.85. The van der Waals surface area contributed by atoms with Crippen LogP contribution in [-0.4, -0.2) is 31.9 Å². The Morgan fingerprint density at radius 3 is 2.28 bits per heavy atom. The average molecular weight is 525 g/mol. The van der Waals surface area contributed by atoms with Gasteiger partial charge in [0.2, 0.25) is 10.0 Å². The number of aryl methyl sites for hydroxylation is 2. The van der Waals surface area contributed by atoms with Crippen molar-refractivity contribution in [3.05, 3.63) is 70.2 Å². The third-order valence-corrected chi connectivity index (χ3v) is 7.55. The molecule has 0 aliphatic heterocycles. The smallest absolute Gasteiger partial charge is 0.340 e. The maximum atomic E-state index is 13.1. The van der Waals surface area contributed by atoms with Crippen molar-refractivity contribution < 1.29 is 22.7 Å². The van der Waals surface area contributed by atoms with Gasteiger partial charge in [0.1, 0.15) is 9.71 Å². The second-order valence-corrected chi connectivity index (χ2v) is 10.6. The summed E-state index contributed by atoms with van der Waals surface area (Å²) in [4.78, 5) is 31.3. The van der Waals surface area contributed by atoms with Crippen LogP contribution in [0, 0.1) is 13.8 Å². The van der Waals surface area contributed by atoms with Gasteiger partial charge in [-0.3, -0.25) is 4.79 Å². The Morgan fingerprint density at radius 1 is 1.06 bits per heavy atom. The number of primary sulfonamides is 1. The summed E-state index contributed by atoms with van der Waals surface area (Å²) in [6, 6.07) is 13.1. The number of nitrogens with zero attached hydrogens (tertiary/aromatic N) is 1. The fourth-order valence-corrected chi connectivity index (χ4v) is 5.37. The van der Waals surface area contributed by atoms with Gasteiger partial charge in [0.05, 0.1) is 28.4 Å². The molecule has 0 saturated carbocycles. The van der Waals surface area contributed by atoms with E-state index < -0.39 is 21.9 Å². The second kappa shape index (κ2) is 9.69. The van der Waals surface area contributed by atoms with E-state index in [1.807, 2.05) is 31.2 Å². The van der Waals surface area contributed by atoms with Crippen molar-refractivity contribution in [2.75, 3.05) is 17.7 Å². The summed E-state index contributed by atoms with van der Waals surface area (Å²) in [5.41, 5.74) is 10.1. The third-order valence-electron chi connectivity index (χ3n) is 5.52. The van der Waals surface area contributed by atoms with Crippen molar-refractivity contribution in [3.8, 4) is 11.1 Å². The number of benzene rings is 2. The van der Waals surface area contributed by atoms with Gasteiger partial charge in [-0.05, 0) is 50.6 Å². The number of carbonyl (C=O) groups excluding carboxylic acids is 2. The van der Waals surface area contributed by atoms with Crippen LogP contribution < -0.4 is 16.2 Å². The van der Waals surface area contributed by atoms with Crippen LogP contribution in [0.5, 0.6) is 0 Å². The van der Waals surface area contributed by atoms with Gasteiger partial charge < -0.3 is 15.8 Å². The van der Waals surface area contributed by atoms with Gasteiger partial charge in [-0.1, -0.05) is 29.8 Å². The molecule has 0 fully saturated rings. The molecule has 11 heteroatoms. The number of amides is 1. The molecule has 4 aromatic rings. The first-order chi connectivity index (χ1) is 17.0. The van der Waals surface area contributed by atoms with Crippen molar-refractivity contribution in [2.24, 2.45) is 5.14 Å². The van der Waals surface area contributed by atoms with E-state index in [0.29, 0.717) is 32.7 Å². The van der Waals surface area contributed by atoms with Crippen LogP contribution in [0.25, 0.3) is 21.3 Å². The lowest BCUT2D eigenvalue weighted by molar-refractivity contribution is 0.0526. The minimum absolute atomic E-state index is 0.0733. The zero-order chi connectivity index (χ0) is 26.2. The topological polar surface area (TPSA) is 154 Å². The zero-order valence-corrected chi connectivity index (χ0v) is 21.4. The van der Waals surface area contributed by atoms with Crippen LogP contribution in [0.3, 0.4) is 0 Å². The highest BCUT2D eigenvalue weighted by Crippen LogP contribution is 2.42. The Morgan fingerprint density at radius 2 is 1.69 bits per heavy atom. The van der Waals surface area contributed by atoms with Gasteiger partial charge in [-0.25, -0.2) is 23.3 Å². The summed E-state index contributed by atoms with van der Waals surface area (Å²) < 4.78 is 28.3. The highest BCUT2D eigenvalue weighted by atomic mass is 32.2. The predicted molar refractivity (Wildman–Crippen MR) is 141 cm³/mol. The van der Waals surface area contributed by atoms with Crippen LogP contribution in [0.1, 0.15) is 38.2 Å². The number of fused-ring (bicyclic) bond motifs is 1. The molecule has 186 valence electrons. The Labute approximate surface area is 212 Å². The molecule has 0 aliphatic rings. The van der Waals surface area contributed by atoms with E-state index in [-0.39, 0.29) is 22.1 Å². The molecule has 9 nitrogen and oxygen atoms in total. The highest BCUT2D eigenvalue weighted by molar-refractivity contribution is 7.89. The van der Waals surface area contributed by atoms with E-state index in [1.54, 1.807) is 13.8 Å². The van der Waals surface area contributed by atoms with Crippen molar-refractivity contribution >= 4 is 54.8 Å². The molecule has 2 aromatic heterocycles. The van der Waals surface area contributed by atoms with Crippen LogP contribution in [-0.2, 0) is 14.8 Å². The number of sulfonamides is 1. The maximum Gasteiger partial charge on any atom is 0.340 e. The Bertz CT molecular complexity index is 1590. The van der Waals surface area contributed by atoms with Gasteiger partial charge in [-0.15, -0.1) is 11.3 Å². The molecule has 5 N–H and O–H groups in total. The molecule has 0 spiro atoms. The number of pyridine rings is 1. The van der Waals surface area contributed by atoms with Crippen LogP contribution in [0.15, 0.2) is 53.4 Å². The number of ether oxygens (including phenoxy) is 1. The summed E-state index contributed by atoms with van der Waals surface area (Å²) in [5.74, 6) is -1.02. The quantitative estimate of drug-likeness (QED) is 0.319. The lowest BCUT2D eigenvalue weighted by Gasteiger charge is -2.14. The molecule has 4 rings (SSSR count). The normalized spacial score (nSPS) is 11.4. The Balaban J connectivity index is 1.85. The summed E-state index contributed by atoms with van der Waals surface area (Å²) >= 11 is 1.10. The number of aromatic nitrogens is 1. The number of anilines is 2. The molecule has 0 aliphatic carbocycles. The molecule has 0 bridgehead atoms. The van der Waals surface area contributed by atoms with Crippen LogP contribution in [0.2, 0.25) is 0 Å². The van der Waals surface area contributed by atoms with E-state index in [4.69, 9.17) is 15.6 Å². The summed E-state index contributed by atoms with van der Waals surface area (Å²) in [5, 5.41) is 8.33. The minimum atomic E-state index is -3.85. The summed E-state index contributed by atoms with van der Waals surface area (Å²) in [6.07, 6.45) is 0. The number of thiophene rings is 1. The van der Waals surface area contributed by atoms with Crippen LogP contribution >= 0.6 is 11.3 Å². The zero-order valence-electron chi connectivity index (χ0n) is 19.8. The highest BCUT2D eigenvalue weighted by Gasteiger charge is 2.27. The SMILES string of the molecule is CCOC(=O)c1c(C)nc2sc(C(=O)Nc3ccc(S(N)(=O)=O)cc3)c(N)c2c1-c1ccc(C)cc1. The first-order valence-electron chi connectivity index (χ1n) is 10.9. The maximum absolute atomic E-state index is 13.1. The second-order valence-electron chi connectivity index (χ2n) is 8.08. The lowest BCUT2D eigenvalue weighted by atomic mass is 9.94. The monoisotopic (exact) mass is 524 g/mol. The fourth-order valence-electron chi connectivity index (χ4n) is 3.81. The summed E-state index contributed by atoms with van der Waals surface area (Å²) in [6.45, 7) is 5.59. The third kappa shape index (κ3) is 4.81. The molecule has 0 saturated heterocycles. The number of hydrogen-bond donors (Lipinski definition) is 3. The number of carbonyl (C=O) groups is 2. The predicted octanol–water partition coefficient (Wildman–Crippen LogP) is 4.24. The molecule has 0 unspecified atom stereocenters. The molecule has 2 heterocycles. The standard InChI is InChI=1S/C25H24N4O5S2/c1-4-34-25(31)18-14(3)28-24-20(19(18)15-7-5-13(2)6-8-15)21(26)22(35-24)23(30)29-16-9-11-17(12-10-16)36(27,32)33/h5-12H,4,26H2,1-3H3,(H,29,30)(H2,27,32,33). The molecule has 36 heavy (non-hydrogen) atoms. The Hall–Kier alpha value is -3.80. The van der Waals surface area contributed by atoms with Gasteiger partial charge >= 0.3 is 5.97 Å². The fraction of sp³-hybridized carbons (Fsp3) is 0.160. The molecular weight excluding hydrogens is 500 g/mol. The van der Waals surface area contributed by atoms with Crippen molar-refractivity contribution in [2.45, 2.75) is 25.7 Å². The molecular formula is C25H24N4O5S2. The molecule has 0 radical (unpaired) electrons. The largest absolute Gasteiger partial charge is 0.462 e. The number of nitrogens with two attached hydrogens (primary N) is 2. The number of esters is 1. The van der Waals surface area contributed by atoms with Gasteiger partial charge in [0.25, 0.3) is 5.91 Å². The first-order valence-corrected chi connectivity index (χ1v) is 13.3. The molecule has 1 amide bonds. The van der Waals surface area contributed by atoms with E-state index in [0.717, 1.165) is 22.5 Å². The van der Waals surface area contributed by atoms with E-state index in [1.165, 1.54) is 24.3 Å². The van der Waals surface area contributed by atoms with E-state index in [9.17, 15) is 18.0 Å². The number of nitrogen functional groups attached to an aromatic ring is 1. The van der Waals surface area contributed by atoms with Crippen LogP contribution in [0.4, 0.5) is 11.4 Å². The molecule has 2 aromatic carbocycles. The van der Waals surface area contributed by atoms with E-state index in [2.05, 4.69) is 10.3 Å². The lowest BCUT2D eigenvalue weighted by Crippen LogP contribution is -2.14. The number of nitrogens with one attached hydrogen (secondary N) is 1. The Kier molecular flexibility index (Phi) is 6.81. The minimum Gasteiger partial charge on any atom is -0.462 e. The molecule has 0 atom stereocenters. The number of hydrogen-bond acceptors (Lipinski definition) is 8. The number of rotatable bonds is 6. The van der Waals surface area contributed by atoms with Gasteiger partial charge in [0.15, 0.2) is 0 Å². The first kappa shape index (κ1) is 25.3. The van der Waals surface area contributed by atoms with Crippen molar-refractivity contribution in [3.63, 3.8) is 0 Å². The average Bonchev–Trinajstić information content (AvgIpc) is 3.14. The van der Waals surface area contributed by atoms with Crippen molar-refractivity contribution in [1.82, 2.24) is 4.98 Å². The van der Waals surface area contributed by atoms with Crippen molar-refractivity contribution in [1.29, 1.82) is 0 Å².